The van der Waals surface area contributed by atoms with Gasteiger partial charge in [0.15, 0.2) is 0 Å². The number of β-amino-alcohol motifs (C(OH)–C–C–N with tert-alkyl or cyclic N) is 1. The van der Waals surface area contributed by atoms with Crippen molar-refractivity contribution in [2.24, 2.45) is 0 Å². The summed E-state index contributed by atoms with van der Waals surface area (Å²) in [4.78, 5) is 2.06. The second kappa shape index (κ2) is 7.53. The van der Waals surface area contributed by atoms with Crippen LogP contribution in [0.5, 0.6) is 0 Å². The van der Waals surface area contributed by atoms with E-state index in [1.54, 1.807) is 0 Å². The van der Waals surface area contributed by atoms with Crippen molar-refractivity contribution in [2.75, 3.05) is 19.8 Å². The van der Waals surface area contributed by atoms with Gasteiger partial charge < -0.3 is 10.3 Å². The summed E-state index contributed by atoms with van der Waals surface area (Å²) in [6.07, 6.45) is 8.55. The number of hydrogen-bond donors (Lipinski definition) is 1. The number of nitrogens with zero attached hydrogens (tertiary/aromatic N) is 4. The number of hydroxylamine groups is 2. The zero-order valence-corrected chi connectivity index (χ0v) is 14.8. The van der Waals surface area contributed by atoms with Crippen molar-refractivity contribution in [3.63, 3.8) is 0 Å². The smallest absolute Gasteiger partial charge is 0.309 e. The van der Waals surface area contributed by atoms with Gasteiger partial charge in [-0.25, -0.2) is 4.90 Å². The van der Waals surface area contributed by atoms with Crippen LogP contribution in [0.2, 0.25) is 0 Å². The van der Waals surface area contributed by atoms with E-state index >= 15 is 0 Å². The van der Waals surface area contributed by atoms with E-state index in [1.165, 1.54) is 30.6 Å². The maximum absolute atomic E-state index is 13.1. The van der Waals surface area contributed by atoms with Crippen LogP contribution in [0.15, 0.2) is 0 Å². The molecule has 3 rings (SSSR count). The molecule has 1 aliphatic heterocycles. The summed E-state index contributed by atoms with van der Waals surface area (Å²) < 4.78 is -0.740. The molecule has 1 aromatic heterocycles. The zero-order valence-electron chi connectivity index (χ0n) is 14.0. The summed E-state index contributed by atoms with van der Waals surface area (Å²) in [6, 6.07) is 0. The van der Waals surface area contributed by atoms with E-state index in [0.29, 0.717) is 24.3 Å². The summed E-state index contributed by atoms with van der Waals surface area (Å²) >= 11 is 1.42. The van der Waals surface area contributed by atoms with Crippen molar-refractivity contribution >= 4 is 16.5 Å². The van der Waals surface area contributed by atoms with Gasteiger partial charge in [0.1, 0.15) is 11.7 Å². The van der Waals surface area contributed by atoms with Crippen LogP contribution in [0.3, 0.4) is 0 Å². The van der Waals surface area contributed by atoms with Crippen LogP contribution in [0.4, 0.5) is 5.13 Å². The minimum absolute atomic E-state index is 0.296. The van der Waals surface area contributed by atoms with Gasteiger partial charge in [-0.1, -0.05) is 44.1 Å². The Morgan fingerprint density at radius 1 is 1.26 bits per heavy atom. The first-order chi connectivity index (χ1) is 11.1. The van der Waals surface area contributed by atoms with Gasteiger partial charge >= 0.3 is 5.13 Å². The molecule has 2 aliphatic rings. The Labute approximate surface area is 142 Å². The predicted molar refractivity (Wildman–Crippen MR) is 92.9 cm³/mol. The van der Waals surface area contributed by atoms with Crippen molar-refractivity contribution in [1.82, 2.24) is 19.7 Å². The van der Waals surface area contributed by atoms with E-state index in [4.69, 9.17) is 0 Å². The van der Waals surface area contributed by atoms with Crippen LogP contribution < -0.4 is 4.65 Å². The Morgan fingerprint density at radius 3 is 2.78 bits per heavy atom. The lowest BCUT2D eigenvalue weighted by atomic mass is 9.90. The minimum atomic E-state index is -0.941. The van der Waals surface area contributed by atoms with Crippen LogP contribution in [0, 0.1) is 5.21 Å². The molecule has 0 radical (unpaired) electrons. The summed E-state index contributed by atoms with van der Waals surface area (Å²) in [5.74, 6) is 0.460. The molecule has 1 aliphatic carbocycles. The van der Waals surface area contributed by atoms with Crippen LogP contribution >= 0.6 is 11.3 Å². The fourth-order valence-corrected chi connectivity index (χ4v) is 4.73. The minimum Gasteiger partial charge on any atom is -0.623 e. The number of aliphatic hydroxyl groups excluding tert-OH is 1. The molecule has 6 nitrogen and oxygen atoms in total. The van der Waals surface area contributed by atoms with Crippen LogP contribution in [-0.2, 0) is 0 Å². The molecule has 1 saturated carbocycles. The molecule has 0 bridgehead atoms. The average molecular weight is 340 g/mol. The van der Waals surface area contributed by atoms with Gasteiger partial charge in [-0.05, 0) is 30.6 Å². The van der Waals surface area contributed by atoms with Gasteiger partial charge in [-0.3, -0.25) is 4.65 Å². The normalized spacial score (nSPS) is 30.1. The molecule has 7 heteroatoms. The number of hydrogen-bond acceptors (Lipinski definition) is 6. The van der Waals surface area contributed by atoms with Crippen molar-refractivity contribution in [3.05, 3.63) is 10.2 Å². The van der Waals surface area contributed by atoms with E-state index in [9.17, 15) is 10.3 Å². The molecule has 2 unspecified atom stereocenters. The Balaban J connectivity index is 1.66. The van der Waals surface area contributed by atoms with Gasteiger partial charge in [0.05, 0.1) is 6.54 Å². The maximum atomic E-state index is 13.1. The number of unbranched alkanes of at least 4 members (excludes halogenated alkanes) is 2. The topological polar surface area (TPSA) is 72.3 Å². The zero-order chi connectivity index (χ0) is 16.3. The number of quaternary nitrogens is 1. The van der Waals surface area contributed by atoms with E-state index in [-0.39, 0.29) is 0 Å². The van der Waals surface area contributed by atoms with E-state index < -0.39 is 10.9 Å². The van der Waals surface area contributed by atoms with Crippen LogP contribution in [0.25, 0.3) is 0 Å². The lowest BCUT2D eigenvalue weighted by Crippen LogP contribution is -2.48. The highest BCUT2D eigenvalue weighted by Crippen LogP contribution is 2.39. The molecule has 2 heterocycles. The fraction of sp³-hybridized carbons (Fsp3) is 0.875. The van der Waals surface area contributed by atoms with Crippen LogP contribution in [0.1, 0.15) is 69.2 Å². The Kier molecular flexibility index (Phi) is 5.64. The van der Waals surface area contributed by atoms with Crippen LogP contribution in [-0.4, -0.2) is 46.2 Å². The van der Waals surface area contributed by atoms with Gasteiger partial charge in [0, 0.05) is 12.5 Å². The molecule has 130 valence electrons. The van der Waals surface area contributed by atoms with Crippen molar-refractivity contribution in [3.8, 4) is 0 Å². The van der Waals surface area contributed by atoms with Crippen molar-refractivity contribution in [2.45, 2.75) is 70.4 Å². The standard InChI is InChI=1S/C16H28N4O2S/c1-2-3-7-10-19-11-14(21)20(22,12-19)16-18-17-15(23-16)13-8-5-4-6-9-13/h13-14,21H,2-12H2,1H3. The molecule has 2 atom stereocenters. The Bertz CT molecular complexity index is 506. The first-order valence-electron chi connectivity index (χ1n) is 8.96. The van der Waals surface area contributed by atoms with Gasteiger partial charge in [0.2, 0.25) is 6.23 Å². The molecule has 1 N–H and O–H groups in total. The predicted octanol–water partition coefficient (Wildman–Crippen LogP) is 3.17. The van der Waals surface area contributed by atoms with Crippen molar-refractivity contribution < 1.29 is 5.11 Å². The lowest BCUT2D eigenvalue weighted by molar-refractivity contribution is 0.0843. The Morgan fingerprint density at radius 2 is 2.04 bits per heavy atom. The molecule has 1 saturated heterocycles. The SMILES string of the molecule is CCCCCN1CC(O)[N+]([O-])(c2nnc(C3CCCCC3)s2)C1. The highest BCUT2D eigenvalue weighted by Gasteiger charge is 2.43. The molecule has 0 aromatic carbocycles. The van der Waals surface area contributed by atoms with E-state index in [1.807, 2.05) is 0 Å². The number of rotatable bonds is 6. The largest absolute Gasteiger partial charge is 0.623 e. The number of aliphatic hydroxyl groups is 1. The molecular weight excluding hydrogens is 312 g/mol. The highest BCUT2D eigenvalue weighted by atomic mass is 32.1. The van der Waals surface area contributed by atoms with Crippen molar-refractivity contribution in [1.29, 1.82) is 0 Å². The third-order valence-corrected chi connectivity index (χ3v) is 6.30. The third-order valence-electron chi connectivity index (χ3n) is 5.10. The molecule has 0 spiro atoms. The van der Waals surface area contributed by atoms with E-state index in [2.05, 4.69) is 22.0 Å². The quantitative estimate of drug-likeness (QED) is 0.489. The molecule has 1 aromatic rings. The monoisotopic (exact) mass is 340 g/mol. The summed E-state index contributed by atoms with van der Waals surface area (Å²) in [6.45, 7) is 3.78. The maximum Gasteiger partial charge on any atom is 0.309 e. The van der Waals surface area contributed by atoms with Gasteiger partial charge in [0.25, 0.3) is 0 Å². The van der Waals surface area contributed by atoms with Gasteiger partial charge in [-0.2, -0.15) is 0 Å². The first-order valence-corrected chi connectivity index (χ1v) is 9.78. The second-order valence-corrected chi connectivity index (χ2v) is 7.95. The second-order valence-electron chi connectivity index (χ2n) is 6.96. The first kappa shape index (κ1) is 17.2. The fourth-order valence-electron chi connectivity index (χ4n) is 3.64. The molecule has 0 amide bonds. The van der Waals surface area contributed by atoms with Gasteiger partial charge in [-0.15, -0.1) is 5.10 Å². The molecule has 2 fully saturated rings. The average Bonchev–Trinajstić information content (AvgIpc) is 3.15. The Hall–Kier alpha value is -0.600. The molecule has 23 heavy (non-hydrogen) atoms. The summed E-state index contributed by atoms with van der Waals surface area (Å²) in [5, 5.41) is 33.3. The van der Waals surface area contributed by atoms with E-state index in [0.717, 1.165) is 43.7 Å². The summed E-state index contributed by atoms with van der Waals surface area (Å²) in [7, 11) is 0. The molecular formula is C16H28N4O2S. The lowest BCUT2D eigenvalue weighted by Gasteiger charge is -2.36. The third kappa shape index (κ3) is 3.74. The highest BCUT2D eigenvalue weighted by molar-refractivity contribution is 7.15. The summed E-state index contributed by atoms with van der Waals surface area (Å²) in [5.41, 5.74) is 0. The number of aromatic nitrogens is 2.